The van der Waals surface area contributed by atoms with Crippen LogP contribution < -0.4 is 5.32 Å². The highest BCUT2D eigenvalue weighted by Gasteiger charge is 2.20. The van der Waals surface area contributed by atoms with E-state index in [4.69, 9.17) is 5.26 Å². The van der Waals surface area contributed by atoms with E-state index in [0.717, 1.165) is 16.2 Å². The lowest BCUT2D eigenvalue weighted by Gasteiger charge is -2.05. The molecule has 0 aliphatic rings. The van der Waals surface area contributed by atoms with Crippen molar-refractivity contribution in [1.29, 1.82) is 10.5 Å². The number of anilines is 1. The Balaban J connectivity index is 2.24. The number of allylic oxidation sites excluding steroid dienone is 1. The van der Waals surface area contributed by atoms with Gasteiger partial charge in [-0.05, 0) is 42.0 Å². The first-order valence-electron chi connectivity index (χ1n) is 6.80. The van der Waals surface area contributed by atoms with Crippen molar-refractivity contribution in [2.45, 2.75) is 11.3 Å². The topological polar surface area (TPSA) is 93.8 Å². The number of nitrogens with zero attached hydrogens (tertiary/aromatic N) is 2. The molecule has 0 aliphatic carbocycles. The fourth-order valence-corrected chi connectivity index (χ4v) is 3.22. The van der Waals surface area contributed by atoms with Crippen molar-refractivity contribution in [3.8, 4) is 12.1 Å². The highest BCUT2D eigenvalue weighted by atomic mass is 79.9. The van der Waals surface area contributed by atoms with Gasteiger partial charge in [0.2, 0.25) is 9.84 Å². The van der Waals surface area contributed by atoms with Crippen LogP contribution in [-0.2, 0) is 16.3 Å². The average Bonchev–Trinajstić information content (AvgIpc) is 2.57. The summed E-state index contributed by atoms with van der Waals surface area (Å²) < 4.78 is 25.7. The van der Waals surface area contributed by atoms with Crippen molar-refractivity contribution >= 4 is 31.5 Å². The van der Waals surface area contributed by atoms with Gasteiger partial charge in [-0.25, -0.2) is 8.42 Å². The van der Waals surface area contributed by atoms with Gasteiger partial charge in [-0.1, -0.05) is 28.1 Å². The molecule has 0 aliphatic heterocycles. The Labute approximate surface area is 148 Å². The van der Waals surface area contributed by atoms with Crippen LogP contribution >= 0.6 is 15.9 Å². The van der Waals surface area contributed by atoms with Gasteiger partial charge in [0.1, 0.15) is 6.07 Å². The predicted molar refractivity (Wildman–Crippen MR) is 94.4 cm³/mol. The van der Waals surface area contributed by atoms with Crippen LogP contribution in [0.3, 0.4) is 0 Å². The lowest BCUT2D eigenvalue weighted by molar-refractivity contribution is 0.603. The molecular weight excluding hydrogens is 390 g/mol. The molecule has 2 aromatic rings. The van der Waals surface area contributed by atoms with Crippen LogP contribution in [0.25, 0.3) is 0 Å². The van der Waals surface area contributed by atoms with E-state index in [9.17, 15) is 13.7 Å². The van der Waals surface area contributed by atoms with Crippen LogP contribution in [-0.4, -0.2) is 8.42 Å². The molecule has 2 aromatic carbocycles. The Morgan fingerprint density at radius 1 is 1.08 bits per heavy atom. The molecule has 0 saturated heterocycles. The second-order valence-electron chi connectivity index (χ2n) is 4.75. The minimum atomic E-state index is -3.88. The normalized spacial score (nSPS) is 11.4. The summed E-state index contributed by atoms with van der Waals surface area (Å²) in [6.07, 6.45) is 1.47. The van der Waals surface area contributed by atoms with Crippen LogP contribution in [0.2, 0.25) is 0 Å². The van der Waals surface area contributed by atoms with E-state index in [1.807, 2.05) is 6.07 Å². The van der Waals surface area contributed by atoms with Crippen LogP contribution in [0.4, 0.5) is 5.69 Å². The molecule has 0 heterocycles. The molecule has 0 spiro atoms. The van der Waals surface area contributed by atoms with E-state index in [0.29, 0.717) is 12.1 Å². The van der Waals surface area contributed by atoms with Crippen molar-refractivity contribution < 1.29 is 8.42 Å². The van der Waals surface area contributed by atoms with Crippen LogP contribution in [0.15, 0.2) is 69.0 Å². The number of benzene rings is 2. The average molecular weight is 402 g/mol. The zero-order valence-corrected chi connectivity index (χ0v) is 14.8. The fraction of sp³-hybridized carbons (Fsp3) is 0.0588. The minimum Gasteiger partial charge on any atom is -0.360 e. The summed E-state index contributed by atoms with van der Waals surface area (Å²) in [5.41, 5.74) is 1.48. The summed E-state index contributed by atoms with van der Waals surface area (Å²) in [6.45, 7) is 0. The zero-order chi connectivity index (χ0) is 17.6. The molecule has 0 saturated carbocycles. The summed E-state index contributed by atoms with van der Waals surface area (Å²) in [5, 5.41) is 20.6. The third kappa shape index (κ3) is 4.23. The number of halogens is 1. The highest BCUT2D eigenvalue weighted by molar-refractivity contribution is 9.10. The third-order valence-electron chi connectivity index (χ3n) is 3.13. The van der Waals surface area contributed by atoms with Gasteiger partial charge in [-0.15, -0.1) is 0 Å². The second-order valence-corrected chi connectivity index (χ2v) is 7.59. The Bertz CT molecular complexity index is 935. The number of nitrogens with one attached hydrogen (secondary N) is 1. The molecule has 0 unspecified atom stereocenters. The first kappa shape index (κ1) is 17.7. The summed E-state index contributed by atoms with van der Waals surface area (Å²) in [6, 6.07) is 16.8. The minimum absolute atomic E-state index is 0.0460. The molecule has 2 rings (SSSR count). The molecule has 0 aromatic heterocycles. The lowest BCUT2D eigenvalue weighted by atomic mass is 10.1. The van der Waals surface area contributed by atoms with E-state index in [2.05, 4.69) is 21.2 Å². The predicted octanol–water partition coefficient (Wildman–Crippen LogP) is 3.77. The van der Waals surface area contributed by atoms with Crippen LogP contribution in [0.5, 0.6) is 0 Å². The van der Waals surface area contributed by atoms with Crippen LogP contribution in [0.1, 0.15) is 5.56 Å². The molecular formula is C17H12BrN3O2S. The van der Waals surface area contributed by atoms with Gasteiger partial charge in [-0.2, -0.15) is 10.5 Å². The number of sulfone groups is 1. The highest BCUT2D eigenvalue weighted by Crippen LogP contribution is 2.21. The summed E-state index contributed by atoms with van der Waals surface area (Å²) in [4.78, 5) is -0.337. The number of nitriles is 2. The summed E-state index contributed by atoms with van der Waals surface area (Å²) >= 11 is 3.24. The van der Waals surface area contributed by atoms with Gasteiger partial charge < -0.3 is 5.32 Å². The number of hydrogen-bond acceptors (Lipinski definition) is 5. The SMILES string of the molecule is N#CCc1ccc(N/C=C(\C#N)S(=O)(=O)c2ccc(Br)cc2)cc1. The Kier molecular flexibility index (Phi) is 5.75. The smallest absolute Gasteiger partial charge is 0.218 e. The van der Waals surface area contributed by atoms with Crippen molar-refractivity contribution in [3.05, 3.63) is 69.7 Å². The van der Waals surface area contributed by atoms with Crippen molar-refractivity contribution in [1.82, 2.24) is 0 Å². The van der Waals surface area contributed by atoms with E-state index in [1.54, 1.807) is 42.5 Å². The maximum atomic E-state index is 12.5. The van der Waals surface area contributed by atoms with Crippen LogP contribution in [0, 0.1) is 22.7 Å². The Morgan fingerprint density at radius 2 is 1.71 bits per heavy atom. The molecule has 0 radical (unpaired) electrons. The first-order valence-corrected chi connectivity index (χ1v) is 9.08. The largest absolute Gasteiger partial charge is 0.360 e. The van der Waals surface area contributed by atoms with E-state index >= 15 is 0 Å². The van der Waals surface area contributed by atoms with Crippen molar-refractivity contribution in [2.75, 3.05) is 5.32 Å². The van der Waals surface area contributed by atoms with Crippen molar-refractivity contribution in [3.63, 3.8) is 0 Å². The van der Waals surface area contributed by atoms with Gasteiger partial charge in [-0.3, -0.25) is 0 Å². The molecule has 120 valence electrons. The molecule has 7 heteroatoms. The molecule has 0 amide bonds. The van der Waals surface area contributed by atoms with Gasteiger partial charge in [0, 0.05) is 16.4 Å². The van der Waals surface area contributed by atoms with E-state index in [-0.39, 0.29) is 9.80 Å². The van der Waals surface area contributed by atoms with Gasteiger partial charge >= 0.3 is 0 Å². The van der Waals surface area contributed by atoms with E-state index < -0.39 is 9.84 Å². The van der Waals surface area contributed by atoms with Crippen molar-refractivity contribution in [2.24, 2.45) is 0 Å². The maximum Gasteiger partial charge on any atom is 0.218 e. The standard InChI is InChI=1S/C17H12BrN3O2S/c18-14-3-7-16(8-4-14)24(22,23)17(11-20)12-21-15-5-1-13(2-6-15)9-10-19/h1-8,12,21H,9H2/b17-12+. The van der Waals surface area contributed by atoms with Gasteiger partial charge in [0.25, 0.3) is 0 Å². The third-order valence-corrected chi connectivity index (χ3v) is 5.34. The zero-order valence-electron chi connectivity index (χ0n) is 12.4. The molecule has 24 heavy (non-hydrogen) atoms. The van der Waals surface area contributed by atoms with E-state index in [1.165, 1.54) is 12.1 Å². The molecule has 0 bridgehead atoms. The number of rotatable bonds is 5. The lowest BCUT2D eigenvalue weighted by Crippen LogP contribution is -2.05. The maximum absolute atomic E-state index is 12.5. The molecule has 5 nitrogen and oxygen atoms in total. The van der Waals surface area contributed by atoms with Gasteiger partial charge in [0.15, 0.2) is 4.91 Å². The summed E-state index contributed by atoms with van der Waals surface area (Å²) in [7, 11) is -3.88. The fourth-order valence-electron chi connectivity index (χ4n) is 1.87. The van der Waals surface area contributed by atoms with Gasteiger partial charge in [0.05, 0.1) is 17.4 Å². The molecule has 0 atom stereocenters. The monoisotopic (exact) mass is 401 g/mol. The summed E-state index contributed by atoms with van der Waals surface area (Å²) in [5.74, 6) is 0. The quantitative estimate of drug-likeness (QED) is 0.769. The molecule has 0 fully saturated rings. The number of hydrogen-bond donors (Lipinski definition) is 1. The Hall–Kier alpha value is -2.61. The second kappa shape index (κ2) is 7.78. The first-order chi connectivity index (χ1) is 11.5. The molecule has 1 N–H and O–H groups in total. The Morgan fingerprint density at radius 3 is 2.25 bits per heavy atom.